The number of carbonyl (C=O) groups is 2. The van der Waals surface area contributed by atoms with Crippen molar-refractivity contribution in [2.45, 2.75) is 44.9 Å². The zero-order valence-corrected chi connectivity index (χ0v) is 12.0. The number of rotatable bonds is 8. The van der Waals surface area contributed by atoms with Crippen molar-refractivity contribution in [3.63, 3.8) is 0 Å². The molecule has 104 valence electrons. The Morgan fingerprint density at radius 2 is 1.61 bits per heavy atom. The Morgan fingerprint density at radius 3 is 2.00 bits per heavy atom. The van der Waals surface area contributed by atoms with Gasteiger partial charge in [-0.05, 0) is 26.3 Å². The zero-order chi connectivity index (χ0) is 14.0. The Labute approximate surface area is 113 Å². The summed E-state index contributed by atoms with van der Waals surface area (Å²) in [4.78, 5) is 21.6. The molecule has 0 radical (unpaired) electrons. The normalized spacial score (nSPS) is 11.6. The summed E-state index contributed by atoms with van der Waals surface area (Å²) in [5, 5.41) is 0. The highest BCUT2D eigenvalue weighted by Gasteiger charge is 2.44. The number of allylic oxidation sites excluding steroid dienone is 1. The molecule has 0 saturated carbocycles. The average Bonchev–Trinajstić information content (AvgIpc) is 2.35. The van der Waals surface area contributed by atoms with E-state index in [4.69, 9.17) is 21.1 Å². The standard InChI is InChI=1S/C13H21ClO4/c1-4-7-8-9-10-13(14,11(15)17-5-2)12(16)18-6-3/h9-10H,4-8H2,1-3H3/b10-9+. The number of alkyl halides is 1. The van der Waals surface area contributed by atoms with E-state index in [1.165, 1.54) is 6.08 Å². The summed E-state index contributed by atoms with van der Waals surface area (Å²) in [6.07, 6.45) is 5.82. The van der Waals surface area contributed by atoms with Crippen LogP contribution in [0.15, 0.2) is 12.2 Å². The Balaban J connectivity index is 4.84. The van der Waals surface area contributed by atoms with Crippen molar-refractivity contribution in [1.29, 1.82) is 0 Å². The van der Waals surface area contributed by atoms with Gasteiger partial charge in [0.25, 0.3) is 4.87 Å². The van der Waals surface area contributed by atoms with Gasteiger partial charge >= 0.3 is 11.9 Å². The second kappa shape index (κ2) is 8.97. The molecule has 0 aromatic carbocycles. The molecule has 0 amide bonds. The number of hydrogen-bond acceptors (Lipinski definition) is 4. The van der Waals surface area contributed by atoms with Crippen LogP contribution in [-0.2, 0) is 19.1 Å². The molecule has 0 unspecified atom stereocenters. The van der Waals surface area contributed by atoms with E-state index >= 15 is 0 Å². The third-order valence-corrected chi connectivity index (χ3v) is 2.65. The Kier molecular flexibility index (Phi) is 8.46. The van der Waals surface area contributed by atoms with Crippen LogP contribution >= 0.6 is 11.6 Å². The van der Waals surface area contributed by atoms with Crippen molar-refractivity contribution < 1.29 is 19.1 Å². The highest BCUT2D eigenvalue weighted by Crippen LogP contribution is 2.22. The maximum absolute atomic E-state index is 11.7. The van der Waals surface area contributed by atoms with Crippen molar-refractivity contribution in [2.75, 3.05) is 13.2 Å². The topological polar surface area (TPSA) is 52.6 Å². The van der Waals surface area contributed by atoms with Crippen LogP contribution in [-0.4, -0.2) is 30.0 Å². The summed E-state index contributed by atoms with van der Waals surface area (Å²) in [7, 11) is 0. The maximum atomic E-state index is 11.7. The lowest BCUT2D eigenvalue weighted by molar-refractivity contribution is -0.156. The predicted octanol–water partition coefficient (Wildman–Crippen LogP) is 2.84. The quantitative estimate of drug-likeness (QED) is 0.225. The van der Waals surface area contributed by atoms with E-state index in [1.807, 2.05) is 0 Å². The molecular formula is C13H21ClO4. The van der Waals surface area contributed by atoms with Crippen molar-refractivity contribution >= 4 is 23.5 Å². The SMILES string of the molecule is CCCC/C=C/C(Cl)(C(=O)OCC)C(=O)OCC. The number of carbonyl (C=O) groups excluding carboxylic acids is 2. The van der Waals surface area contributed by atoms with Gasteiger partial charge in [0.2, 0.25) is 0 Å². The fourth-order valence-corrected chi connectivity index (χ4v) is 1.46. The van der Waals surface area contributed by atoms with Gasteiger partial charge in [0.05, 0.1) is 13.2 Å². The van der Waals surface area contributed by atoms with Gasteiger partial charge in [0.1, 0.15) is 0 Å². The summed E-state index contributed by atoms with van der Waals surface area (Å²) in [5.74, 6) is -1.59. The van der Waals surface area contributed by atoms with Crippen LogP contribution in [0.3, 0.4) is 0 Å². The smallest absolute Gasteiger partial charge is 0.342 e. The molecule has 0 aliphatic heterocycles. The maximum Gasteiger partial charge on any atom is 0.342 e. The molecule has 0 aromatic rings. The van der Waals surface area contributed by atoms with Crippen LogP contribution in [0.5, 0.6) is 0 Å². The number of halogens is 1. The molecule has 0 spiro atoms. The lowest BCUT2D eigenvalue weighted by Crippen LogP contribution is -2.42. The van der Waals surface area contributed by atoms with Crippen LogP contribution < -0.4 is 0 Å². The lowest BCUT2D eigenvalue weighted by atomic mass is 10.1. The molecule has 0 fully saturated rings. The average molecular weight is 277 g/mol. The predicted molar refractivity (Wildman–Crippen MR) is 70.5 cm³/mol. The molecule has 0 heterocycles. The third kappa shape index (κ3) is 5.08. The first kappa shape index (κ1) is 17.0. The van der Waals surface area contributed by atoms with Crippen LogP contribution in [0.1, 0.15) is 40.0 Å². The van der Waals surface area contributed by atoms with Gasteiger partial charge in [-0.1, -0.05) is 37.4 Å². The van der Waals surface area contributed by atoms with E-state index in [2.05, 4.69) is 6.92 Å². The van der Waals surface area contributed by atoms with Gasteiger partial charge < -0.3 is 9.47 Å². The van der Waals surface area contributed by atoms with Gasteiger partial charge in [-0.15, -0.1) is 0 Å². The lowest BCUT2D eigenvalue weighted by Gasteiger charge is -2.19. The van der Waals surface area contributed by atoms with E-state index in [-0.39, 0.29) is 13.2 Å². The monoisotopic (exact) mass is 276 g/mol. The minimum absolute atomic E-state index is 0.162. The van der Waals surface area contributed by atoms with Crippen molar-refractivity contribution in [3.05, 3.63) is 12.2 Å². The highest BCUT2D eigenvalue weighted by atomic mass is 35.5. The first-order chi connectivity index (χ1) is 8.52. The summed E-state index contributed by atoms with van der Waals surface area (Å²) >= 11 is 6.04. The van der Waals surface area contributed by atoms with Crippen molar-refractivity contribution in [3.8, 4) is 0 Å². The molecule has 0 aliphatic carbocycles. The summed E-state index contributed by atoms with van der Waals surface area (Å²) in [5.41, 5.74) is 0. The van der Waals surface area contributed by atoms with E-state index < -0.39 is 16.8 Å². The number of unbranched alkanes of at least 4 members (excludes halogenated alkanes) is 2. The molecule has 4 nitrogen and oxygen atoms in total. The molecule has 0 aliphatic rings. The molecule has 0 aromatic heterocycles. The van der Waals surface area contributed by atoms with E-state index in [9.17, 15) is 9.59 Å². The van der Waals surface area contributed by atoms with E-state index in [0.717, 1.165) is 19.3 Å². The molecule has 18 heavy (non-hydrogen) atoms. The van der Waals surface area contributed by atoms with Crippen molar-refractivity contribution in [2.24, 2.45) is 0 Å². The second-order valence-electron chi connectivity index (χ2n) is 3.70. The summed E-state index contributed by atoms with van der Waals surface area (Å²) in [6.45, 7) is 5.69. The first-order valence-corrected chi connectivity index (χ1v) is 6.61. The largest absolute Gasteiger partial charge is 0.464 e. The molecule has 0 atom stereocenters. The summed E-state index contributed by atoms with van der Waals surface area (Å²) < 4.78 is 9.62. The van der Waals surface area contributed by atoms with E-state index in [1.54, 1.807) is 19.9 Å². The third-order valence-electron chi connectivity index (χ3n) is 2.22. The Morgan fingerprint density at radius 1 is 1.11 bits per heavy atom. The second-order valence-corrected chi connectivity index (χ2v) is 4.29. The van der Waals surface area contributed by atoms with Crippen LogP contribution in [0.4, 0.5) is 0 Å². The Bertz CT molecular complexity index is 281. The molecule has 0 rings (SSSR count). The van der Waals surface area contributed by atoms with Crippen LogP contribution in [0, 0.1) is 0 Å². The zero-order valence-electron chi connectivity index (χ0n) is 11.2. The van der Waals surface area contributed by atoms with Crippen molar-refractivity contribution in [1.82, 2.24) is 0 Å². The van der Waals surface area contributed by atoms with Gasteiger partial charge in [0, 0.05) is 0 Å². The first-order valence-electron chi connectivity index (χ1n) is 6.23. The highest BCUT2D eigenvalue weighted by molar-refractivity contribution is 6.46. The molecule has 0 N–H and O–H groups in total. The minimum atomic E-state index is -1.86. The van der Waals surface area contributed by atoms with Gasteiger partial charge in [-0.25, -0.2) is 9.59 Å². The fraction of sp³-hybridized carbons (Fsp3) is 0.692. The van der Waals surface area contributed by atoms with Gasteiger partial charge in [0.15, 0.2) is 0 Å². The van der Waals surface area contributed by atoms with Gasteiger partial charge in [-0.2, -0.15) is 0 Å². The van der Waals surface area contributed by atoms with Gasteiger partial charge in [-0.3, -0.25) is 0 Å². The molecule has 5 heteroatoms. The number of esters is 2. The van der Waals surface area contributed by atoms with Crippen LogP contribution in [0.25, 0.3) is 0 Å². The summed E-state index contributed by atoms with van der Waals surface area (Å²) in [6, 6.07) is 0. The fourth-order valence-electron chi connectivity index (χ4n) is 1.26. The Hall–Kier alpha value is -1.03. The number of hydrogen-bond donors (Lipinski definition) is 0. The van der Waals surface area contributed by atoms with Crippen LogP contribution in [0.2, 0.25) is 0 Å². The van der Waals surface area contributed by atoms with E-state index in [0.29, 0.717) is 0 Å². The number of ether oxygens (including phenoxy) is 2. The molecule has 0 bridgehead atoms. The minimum Gasteiger partial charge on any atom is -0.464 e. The molecular weight excluding hydrogens is 256 g/mol. The molecule has 0 saturated heterocycles.